The zero-order valence-electron chi connectivity index (χ0n) is 12.5. The summed E-state index contributed by atoms with van der Waals surface area (Å²) in [4.78, 5) is 0. The quantitative estimate of drug-likeness (QED) is 0.878. The summed E-state index contributed by atoms with van der Waals surface area (Å²) < 4.78 is 5.62. The molecule has 0 saturated carbocycles. The van der Waals surface area contributed by atoms with Crippen LogP contribution >= 0.6 is 0 Å². The predicted molar refractivity (Wildman–Crippen MR) is 83.9 cm³/mol. The lowest BCUT2D eigenvalue weighted by Crippen LogP contribution is -2.12. The molecule has 0 saturated heterocycles. The maximum absolute atomic E-state index is 8.75. The molecule has 2 aromatic rings. The van der Waals surface area contributed by atoms with Crippen molar-refractivity contribution in [2.45, 2.75) is 33.0 Å². The average molecular weight is 280 g/mol. The van der Waals surface area contributed by atoms with Gasteiger partial charge >= 0.3 is 0 Å². The maximum Gasteiger partial charge on any atom is 0.119 e. The van der Waals surface area contributed by atoms with Crippen LogP contribution in [0.15, 0.2) is 48.5 Å². The number of ether oxygens (including phenoxy) is 1. The fraction of sp³-hybridized carbons (Fsp3) is 0.278. The van der Waals surface area contributed by atoms with Crippen LogP contribution in [0.3, 0.4) is 0 Å². The molecule has 0 aliphatic carbocycles. The first kappa shape index (κ1) is 15.1. The zero-order chi connectivity index (χ0) is 15.1. The van der Waals surface area contributed by atoms with Crippen LogP contribution in [0.25, 0.3) is 0 Å². The number of rotatable bonds is 6. The molecule has 2 rings (SSSR count). The standard InChI is InChI=1S/C18H20N2O/c1-14(2)21-18-9-7-17(8-10-18)13-20-12-16-5-3-15(11-19)4-6-16/h3-10,14,20H,12-13H2,1-2H3. The highest BCUT2D eigenvalue weighted by Crippen LogP contribution is 2.13. The van der Waals surface area contributed by atoms with E-state index in [0.717, 1.165) is 18.8 Å². The van der Waals surface area contributed by atoms with Crippen LogP contribution in [0.5, 0.6) is 5.75 Å². The predicted octanol–water partition coefficient (Wildman–Crippen LogP) is 3.64. The summed E-state index contributed by atoms with van der Waals surface area (Å²) in [7, 11) is 0. The molecule has 3 heteroatoms. The van der Waals surface area contributed by atoms with E-state index in [-0.39, 0.29) is 6.10 Å². The van der Waals surface area contributed by atoms with Crippen LogP contribution in [0.1, 0.15) is 30.5 Å². The molecule has 0 heterocycles. The SMILES string of the molecule is CC(C)Oc1ccc(CNCc2ccc(C#N)cc2)cc1. The van der Waals surface area contributed by atoms with Crippen molar-refractivity contribution >= 4 is 0 Å². The van der Waals surface area contributed by atoms with Crippen LogP contribution < -0.4 is 10.1 Å². The Labute approximate surface area is 126 Å². The van der Waals surface area contributed by atoms with E-state index < -0.39 is 0 Å². The number of benzene rings is 2. The van der Waals surface area contributed by atoms with Gasteiger partial charge in [-0.15, -0.1) is 0 Å². The van der Waals surface area contributed by atoms with Gasteiger partial charge in [-0.05, 0) is 49.2 Å². The van der Waals surface area contributed by atoms with Gasteiger partial charge in [-0.3, -0.25) is 0 Å². The first-order chi connectivity index (χ1) is 10.2. The van der Waals surface area contributed by atoms with E-state index in [0.29, 0.717) is 5.56 Å². The average Bonchev–Trinajstić information content (AvgIpc) is 2.49. The summed E-state index contributed by atoms with van der Waals surface area (Å²) in [6.45, 7) is 5.64. The Hall–Kier alpha value is -2.31. The summed E-state index contributed by atoms with van der Waals surface area (Å²) in [6, 6.07) is 17.9. The summed E-state index contributed by atoms with van der Waals surface area (Å²) in [5.41, 5.74) is 3.09. The number of hydrogen-bond acceptors (Lipinski definition) is 3. The molecule has 0 radical (unpaired) electrons. The van der Waals surface area contributed by atoms with Crippen molar-refractivity contribution in [3.05, 3.63) is 65.2 Å². The van der Waals surface area contributed by atoms with Gasteiger partial charge in [-0.2, -0.15) is 5.26 Å². The summed E-state index contributed by atoms with van der Waals surface area (Å²) in [5, 5.41) is 12.1. The van der Waals surface area contributed by atoms with E-state index in [4.69, 9.17) is 10.00 Å². The normalized spacial score (nSPS) is 10.4. The maximum atomic E-state index is 8.75. The van der Waals surface area contributed by atoms with Crippen molar-refractivity contribution in [2.24, 2.45) is 0 Å². The minimum atomic E-state index is 0.199. The highest BCUT2D eigenvalue weighted by atomic mass is 16.5. The van der Waals surface area contributed by atoms with E-state index in [2.05, 4.69) is 23.5 Å². The zero-order valence-corrected chi connectivity index (χ0v) is 12.5. The first-order valence-electron chi connectivity index (χ1n) is 7.13. The lowest BCUT2D eigenvalue weighted by atomic mass is 10.1. The Morgan fingerprint density at radius 2 is 1.48 bits per heavy atom. The van der Waals surface area contributed by atoms with Gasteiger partial charge in [0, 0.05) is 13.1 Å². The summed E-state index contributed by atoms with van der Waals surface area (Å²) in [6.07, 6.45) is 0.199. The molecule has 0 aliphatic rings. The van der Waals surface area contributed by atoms with Crippen LogP contribution in [0, 0.1) is 11.3 Å². The Bertz CT molecular complexity index is 595. The van der Waals surface area contributed by atoms with Crippen molar-refractivity contribution < 1.29 is 4.74 Å². The van der Waals surface area contributed by atoms with E-state index in [1.807, 2.05) is 50.2 Å². The van der Waals surface area contributed by atoms with Crippen molar-refractivity contribution in [1.29, 1.82) is 5.26 Å². The number of nitrogens with zero attached hydrogens (tertiary/aromatic N) is 1. The van der Waals surface area contributed by atoms with Crippen molar-refractivity contribution in [2.75, 3.05) is 0 Å². The second kappa shape index (κ2) is 7.47. The molecule has 108 valence electrons. The van der Waals surface area contributed by atoms with E-state index in [1.165, 1.54) is 11.1 Å². The van der Waals surface area contributed by atoms with E-state index >= 15 is 0 Å². The second-order valence-electron chi connectivity index (χ2n) is 5.22. The minimum absolute atomic E-state index is 0.199. The van der Waals surface area contributed by atoms with Gasteiger partial charge < -0.3 is 10.1 Å². The minimum Gasteiger partial charge on any atom is -0.491 e. The fourth-order valence-electron chi connectivity index (χ4n) is 2.01. The Morgan fingerprint density at radius 1 is 0.952 bits per heavy atom. The van der Waals surface area contributed by atoms with E-state index in [9.17, 15) is 0 Å². The molecule has 0 aromatic heterocycles. The van der Waals surface area contributed by atoms with Crippen LogP contribution in [-0.4, -0.2) is 6.10 Å². The van der Waals surface area contributed by atoms with Crippen LogP contribution in [0.2, 0.25) is 0 Å². The van der Waals surface area contributed by atoms with Gasteiger partial charge in [-0.25, -0.2) is 0 Å². The van der Waals surface area contributed by atoms with E-state index in [1.54, 1.807) is 0 Å². The largest absolute Gasteiger partial charge is 0.491 e. The smallest absolute Gasteiger partial charge is 0.119 e. The molecule has 0 spiro atoms. The van der Waals surface area contributed by atoms with Crippen LogP contribution in [0.4, 0.5) is 0 Å². The van der Waals surface area contributed by atoms with Gasteiger partial charge in [0.2, 0.25) is 0 Å². The van der Waals surface area contributed by atoms with Crippen LogP contribution in [-0.2, 0) is 13.1 Å². The summed E-state index contributed by atoms with van der Waals surface area (Å²) in [5.74, 6) is 0.904. The van der Waals surface area contributed by atoms with Crippen molar-refractivity contribution in [3.8, 4) is 11.8 Å². The lowest BCUT2D eigenvalue weighted by molar-refractivity contribution is 0.242. The number of nitriles is 1. The molecule has 0 atom stereocenters. The molecule has 0 amide bonds. The molecular weight excluding hydrogens is 260 g/mol. The molecule has 1 N–H and O–H groups in total. The van der Waals surface area contributed by atoms with Gasteiger partial charge in [-0.1, -0.05) is 24.3 Å². The Kier molecular flexibility index (Phi) is 5.36. The second-order valence-corrected chi connectivity index (χ2v) is 5.22. The third-order valence-electron chi connectivity index (χ3n) is 3.04. The molecule has 21 heavy (non-hydrogen) atoms. The molecule has 3 nitrogen and oxygen atoms in total. The highest BCUT2D eigenvalue weighted by Gasteiger charge is 1.99. The fourth-order valence-corrected chi connectivity index (χ4v) is 2.01. The topological polar surface area (TPSA) is 45.0 Å². The van der Waals surface area contributed by atoms with Gasteiger partial charge in [0.05, 0.1) is 17.7 Å². The van der Waals surface area contributed by atoms with Gasteiger partial charge in [0.1, 0.15) is 5.75 Å². The third-order valence-corrected chi connectivity index (χ3v) is 3.04. The third kappa shape index (κ3) is 4.94. The Balaban J connectivity index is 1.81. The molecule has 0 bridgehead atoms. The lowest BCUT2D eigenvalue weighted by Gasteiger charge is -2.10. The molecule has 0 fully saturated rings. The molecule has 2 aromatic carbocycles. The highest BCUT2D eigenvalue weighted by molar-refractivity contribution is 5.31. The molecular formula is C18H20N2O. The number of nitrogens with one attached hydrogen (secondary N) is 1. The Morgan fingerprint density at radius 3 is 1.95 bits per heavy atom. The van der Waals surface area contributed by atoms with Crippen molar-refractivity contribution in [1.82, 2.24) is 5.32 Å². The number of hydrogen-bond donors (Lipinski definition) is 1. The van der Waals surface area contributed by atoms with Gasteiger partial charge in [0.15, 0.2) is 0 Å². The monoisotopic (exact) mass is 280 g/mol. The molecule has 0 aliphatic heterocycles. The summed E-state index contributed by atoms with van der Waals surface area (Å²) >= 11 is 0. The van der Waals surface area contributed by atoms with Crippen molar-refractivity contribution in [3.63, 3.8) is 0 Å². The van der Waals surface area contributed by atoms with Gasteiger partial charge in [0.25, 0.3) is 0 Å². The molecule has 0 unspecified atom stereocenters. The first-order valence-corrected chi connectivity index (χ1v) is 7.13.